The van der Waals surface area contributed by atoms with Crippen molar-refractivity contribution in [2.75, 3.05) is 25.5 Å². The lowest BCUT2D eigenvalue weighted by molar-refractivity contribution is -0.138. The van der Waals surface area contributed by atoms with Gasteiger partial charge in [-0.1, -0.05) is 77.2 Å². The summed E-state index contributed by atoms with van der Waals surface area (Å²) in [7, 11) is -2.86. The maximum absolute atomic E-state index is 13.5. The molecule has 1 atom stereocenters. The second-order valence-corrected chi connectivity index (χ2v) is 11.1. The summed E-state index contributed by atoms with van der Waals surface area (Å²) in [6, 6.07) is 0. The van der Waals surface area contributed by atoms with E-state index in [1.165, 1.54) is 57.8 Å². The van der Waals surface area contributed by atoms with Crippen molar-refractivity contribution in [3.63, 3.8) is 0 Å². The Labute approximate surface area is 179 Å². The van der Waals surface area contributed by atoms with Crippen LogP contribution in [0.3, 0.4) is 0 Å². The minimum atomic E-state index is -2.86. The molecule has 0 heterocycles. The van der Waals surface area contributed by atoms with Gasteiger partial charge in [0.2, 0.25) is 7.37 Å². The molecule has 0 aromatic carbocycles. The standard InChI is InChI=1S/C24H45O4P/c1-4-7-8-9-10-11-12-16-19-29(26,28-6-3)21-23(24(25)27-5-2)20-22-17-14-13-15-18-22/h20,22H,4-19,21H2,1-3H3. The van der Waals surface area contributed by atoms with Gasteiger partial charge in [-0.3, -0.25) is 4.57 Å². The maximum atomic E-state index is 13.5. The van der Waals surface area contributed by atoms with Crippen LogP contribution in [0.4, 0.5) is 0 Å². The van der Waals surface area contributed by atoms with Crippen molar-refractivity contribution in [3.8, 4) is 0 Å². The van der Waals surface area contributed by atoms with Gasteiger partial charge >= 0.3 is 5.97 Å². The highest BCUT2D eigenvalue weighted by molar-refractivity contribution is 7.59. The van der Waals surface area contributed by atoms with Gasteiger partial charge in [0.15, 0.2) is 0 Å². The largest absolute Gasteiger partial charge is 0.463 e. The first-order valence-electron chi connectivity index (χ1n) is 12.1. The summed E-state index contributed by atoms with van der Waals surface area (Å²) >= 11 is 0. The Kier molecular flexibility index (Phi) is 14.7. The van der Waals surface area contributed by atoms with Crippen LogP contribution in [0.1, 0.15) is 104 Å². The van der Waals surface area contributed by atoms with Crippen LogP contribution < -0.4 is 0 Å². The zero-order chi connectivity index (χ0) is 21.4. The summed E-state index contributed by atoms with van der Waals surface area (Å²) in [5.74, 6) is 0.0929. The zero-order valence-corrected chi connectivity index (χ0v) is 20.2. The Morgan fingerprint density at radius 2 is 1.52 bits per heavy atom. The molecule has 0 bridgehead atoms. The van der Waals surface area contributed by atoms with Gasteiger partial charge in [-0.2, -0.15) is 0 Å². The van der Waals surface area contributed by atoms with E-state index in [1.807, 2.05) is 13.8 Å². The van der Waals surface area contributed by atoms with Gasteiger partial charge < -0.3 is 9.26 Å². The van der Waals surface area contributed by atoms with Gasteiger partial charge in [-0.05, 0) is 39.0 Å². The van der Waals surface area contributed by atoms with Crippen molar-refractivity contribution in [1.82, 2.24) is 0 Å². The molecule has 1 saturated carbocycles. The first kappa shape index (κ1) is 26.4. The first-order valence-corrected chi connectivity index (χ1v) is 14.1. The summed E-state index contributed by atoms with van der Waals surface area (Å²) in [5, 5.41) is 0. The van der Waals surface area contributed by atoms with Gasteiger partial charge in [0.1, 0.15) is 0 Å². The van der Waals surface area contributed by atoms with Crippen LogP contribution in [-0.4, -0.2) is 31.5 Å². The molecule has 4 nitrogen and oxygen atoms in total. The third-order valence-corrected chi connectivity index (χ3v) is 8.30. The second kappa shape index (κ2) is 16.1. The number of rotatable bonds is 16. The molecular weight excluding hydrogens is 383 g/mol. The van der Waals surface area contributed by atoms with Gasteiger partial charge in [0.05, 0.1) is 19.4 Å². The van der Waals surface area contributed by atoms with Crippen LogP contribution in [0.2, 0.25) is 0 Å². The minimum Gasteiger partial charge on any atom is -0.463 e. The predicted octanol–water partition coefficient (Wildman–Crippen LogP) is 7.51. The fourth-order valence-corrected chi connectivity index (χ4v) is 6.47. The van der Waals surface area contributed by atoms with Gasteiger partial charge in [0, 0.05) is 11.7 Å². The molecule has 0 amide bonds. The monoisotopic (exact) mass is 428 g/mol. The van der Waals surface area contributed by atoms with Crippen LogP contribution in [0.5, 0.6) is 0 Å². The number of unbranched alkanes of at least 4 members (excludes halogenated alkanes) is 7. The topological polar surface area (TPSA) is 52.6 Å². The second-order valence-electron chi connectivity index (χ2n) is 8.40. The van der Waals surface area contributed by atoms with E-state index in [9.17, 15) is 9.36 Å². The molecule has 1 rings (SSSR count). The van der Waals surface area contributed by atoms with E-state index < -0.39 is 7.37 Å². The number of hydrogen-bond donors (Lipinski definition) is 0. The first-order chi connectivity index (χ1) is 14.0. The smallest absolute Gasteiger partial charge is 0.334 e. The molecule has 0 radical (unpaired) electrons. The molecule has 0 aromatic rings. The van der Waals surface area contributed by atoms with Gasteiger partial charge in [-0.15, -0.1) is 0 Å². The number of ether oxygens (including phenoxy) is 1. The summed E-state index contributed by atoms with van der Waals surface area (Å²) in [4.78, 5) is 12.5. The number of carbonyl (C=O) groups excluding carboxylic acids is 1. The molecule has 5 heteroatoms. The van der Waals surface area contributed by atoms with E-state index in [0.717, 1.165) is 25.7 Å². The number of esters is 1. The summed E-state index contributed by atoms with van der Waals surface area (Å²) in [5.41, 5.74) is 0.579. The molecule has 0 spiro atoms. The zero-order valence-electron chi connectivity index (χ0n) is 19.3. The van der Waals surface area contributed by atoms with Crippen molar-refractivity contribution >= 4 is 13.3 Å². The lowest BCUT2D eigenvalue weighted by Crippen LogP contribution is -2.16. The summed E-state index contributed by atoms with van der Waals surface area (Å²) in [6.07, 6.45) is 18.4. The van der Waals surface area contributed by atoms with E-state index in [-0.39, 0.29) is 12.1 Å². The maximum Gasteiger partial charge on any atom is 0.334 e. The number of allylic oxidation sites excluding steroid dienone is 1. The predicted molar refractivity (Wildman–Crippen MR) is 123 cm³/mol. The van der Waals surface area contributed by atoms with Crippen molar-refractivity contribution in [1.29, 1.82) is 0 Å². The number of carbonyl (C=O) groups is 1. The van der Waals surface area contributed by atoms with Crippen LogP contribution in [-0.2, 0) is 18.6 Å². The molecule has 1 aliphatic carbocycles. The molecule has 0 aliphatic heterocycles. The van der Waals surface area contributed by atoms with E-state index in [2.05, 4.69) is 13.0 Å². The van der Waals surface area contributed by atoms with Crippen LogP contribution in [0.25, 0.3) is 0 Å². The van der Waals surface area contributed by atoms with Gasteiger partial charge in [-0.25, -0.2) is 4.79 Å². The van der Waals surface area contributed by atoms with Crippen molar-refractivity contribution in [2.45, 2.75) is 104 Å². The van der Waals surface area contributed by atoms with Gasteiger partial charge in [0.25, 0.3) is 0 Å². The third-order valence-electron chi connectivity index (χ3n) is 5.75. The molecule has 170 valence electrons. The van der Waals surface area contributed by atoms with Crippen LogP contribution in [0.15, 0.2) is 11.6 Å². The molecular formula is C24H45O4P. The quantitative estimate of drug-likeness (QED) is 0.110. The Morgan fingerprint density at radius 1 is 0.897 bits per heavy atom. The molecule has 0 N–H and O–H groups in total. The van der Waals surface area contributed by atoms with Crippen LogP contribution >= 0.6 is 7.37 Å². The highest BCUT2D eigenvalue weighted by atomic mass is 31.2. The lowest BCUT2D eigenvalue weighted by Gasteiger charge is -2.22. The van der Waals surface area contributed by atoms with E-state index in [1.54, 1.807) is 0 Å². The van der Waals surface area contributed by atoms with E-state index >= 15 is 0 Å². The molecule has 1 aliphatic rings. The average molecular weight is 429 g/mol. The van der Waals surface area contributed by atoms with E-state index in [4.69, 9.17) is 9.26 Å². The molecule has 0 aromatic heterocycles. The van der Waals surface area contributed by atoms with E-state index in [0.29, 0.717) is 30.9 Å². The Morgan fingerprint density at radius 3 is 2.10 bits per heavy atom. The SMILES string of the molecule is CCCCCCCCCCP(=O)(CC(=CC1CCCCC1)C(=O)OCC)OCC. The van der Waals surface area contributed by atoms with Crippen molar-refractivity contribution < 1.29 is 18.6 Å². The van der Waals surface area contributed by atoms with Crippen molar-refractivity contribution in [2.24, 2.45) is 5.92 Å². The molecule has 1 fully saturated rings. The highest BCUT2D eigenvalue weighted by Gasteiger charge is 2.28. The Balaban J connectivity index is 2.62. The molecule has 29 heavy (non-hydrogen) atoms. The molecule has 0 saturated heterocycles. The fraction of sp³-hybridized carbons (Fsp3) is 0.875. The Bertz CT molecular complexity index is 509. The lowest BCUT2D eigenvalue weighted by atomic mass is 9.88. The third kappa shape index (κ3) is 12.0. The molecule has 1 unspecified atom stereocenters. The average Bonchev–Trinajstić information content (AvgIpc) is 2.71. The Hall–Kier alpha value is -0.600. The fourth-order valence-electron chi connectivity index (χ4n) is 4.17. The van der Waals surface area contributed by atoms with Crippen LogP contribution in [0, 0.1) is 5.92 Å². The summed E-state index contributed by atoms with van der Waals surface area (Å²) < 4.78 is 24.5. The van der Waals surface area contributed by atoms with Crippen molar-refractivity contribution in [3.05, 3.63) is 11.6 Å². The summed E-state index contributed by atoms with van der Waals surface area (Å²) in [6.45, 7) is 6.71. The minimum absolute atomic E-state index is 0.229. The normalized spacial score (nSPS) is 17.8. The number of hydrogen-bond acceptors (Lipinski definition) is 4. The highest BCUT2D eigenvalue weighted by Crippen LogP contribution is 2.49.